The average molecular weight is 284 g/mol. The molecular weight excluding hydrogens is 264 g/mol. The molecule has 1 aromatic rings. The molecule has 1 aromatic heterocycles. The number of nitrogens with two attached hydrogens (primary N) is 1. The Bertz CT molecular complexity index is 455. The molecule has 1 amide bonds. The molecule has 0 bridgehead atoms. The third-order valence-electron chi connectivity index (χ3n) is 3.11. The molecule has 0 spiro atoms. The smallest absolute Gasteiger partial charge is 0.265 e. The quantitative estimate of drug-likeness (QED) is 0.865. The second-order valence-electron chi connectivity index (χ2n) is 4.92. The molecule has 1 fully saturated rings. The van der Waals surface area contributed by atoms with Crippen LogP contribution in [0.15, 0.2) is 0 Å². The second-order valence-corrected chi connectivity index (χ2v) is 5.90. The summed E-state index contributed by atoms with van der Waals surface area (Å²) < 4.78 is 5.56. The highest BCUT2D eigenvalue weighted by atomic mass is 32.1. The topological polar surface area (TPSA) is 80.5 Å². The van der Waals surface area contributed by atoms with Gasteiger partial charge in [-0.1, -0.05) is 11.3 Å². The predicted octanol–water partition coefficient (Wildman–Crippen LogP) is 1.09. The third-order valence-corrected chi connectivity index (χ3v) is 4.35. The first-order chi connectivity index (χ1) is 8.99. The summed E-state index contributed by atoms with van der Waals surface area (Å²) in [6.07, 6.45) is 2.15. The molecule has 1 saturated heterocycles. The number of nitrogen functional groups attached to an aromatic ring is 1. The van der Waals surface area contributed by atoms with Crippen LogP contribution in [0.1, 0.15) is 29.4 Å². The standard InChI is InChI=1S/C12H20N4O2S/c1-7(8-5-4-6-18-8)14-11(17)9-10(13)15-12(19-9)16(2)3/h7-8H,4-6,13H2,1-3H3,(H,14,17). The van der Waals surface area contributed by atoms with E-state index in [0.29, 0.717) is 4.88 Å². The average Bonchev–Trinajstić information content (AvgIpc) is 2.97. The first kappa shape index (κ1) is 14.1. The maximum atomic E-state index is 12.2. The van der Waals surface area contributed by atoms with Crippen molar-refractivity contribution in [1.29, 1.82) is 0 Å². The highest BCUT2D eigenvalue weighted by Gasteiger charge is 2.25. The second kappa shape index (κ2) is 5.75. The summed E-state index contributed by atoms with van der Waals surface area (Å²) in [6.45, 7) is 2.73. The van der Waals surface area contributed by atoms with Crippen molar-refractivity contribution in [1.82, 2.24) is 10.3 Å². The zero-order valence-corrected chi connectivity index (χ0v) is 12.3. The number of anilines is 2. The van der Waals surface area contributed by atoms with E-state index in [1.165, 1.54) is 11.3 Å². The van der Waals surface area contributed by atoms with Crippen molar-refractivity contribution >= 4 is 28.2 Å². The number of rotatable bonds is 4. The van der Waals surface area contributed by atoms with Gasteiger partial charge >= 0.3 is 0 Å². The van der Waals surface area contributed by atoms with E-state index in [4.69, 9.17) is 10.5 Å². The summed E-state index contributed by atoms with van der Waals surface area (Å²) >= 11 is 1.30. The number of aromatic nitrogens is 1. The number of thiazole rings is 1. The first-order valence-corrected chi connectivity index (χ1v) is 7.16. The molecule has 3 N–H and O–H groups in total. The van der Waals surface area contributed by atoms with E-state index in [1.54, 1.807) is 0 Å². The highest BCUT2D eigenvalue weighted by Crippen LogP contribution is 2.27. The number of carbonyl (C=O) groups is 1. The Morgan fingerprint density at radius 3 is 2.89 bits per heavy atom. The Morgan fingerprint density at radius 2 is 2.37 bits per heavy atom. The van der Waals surface area contributed by atoms with Gasteiger partial charge in [-0.25, -0.2) is 4.98 Å². The number of nitrogens with one attached hydrogen (secondary N) is 1. The minimum atomic E-state index is -0.175. The molecule has 2 atom stereocenters. The van der Waals surface area contributed by atoms with Gasteiger partial charge in [0.1, 0.15) is 10.7 Å². The molecular formula is C12H20N4O2S. The van der Waals surface area contributed by atoms with E-state index in [2.05, 4.69) is 10.3 Å². The minimum absolute atomic E-state index is 0.0145. The van der Waals surface area contributed by atoms with Crippen molar-refractivity contribution in [3.05, 3.63) is 4.88 Å². The van der Waals surface area contributed by atoms with E-state index < -0.39 is 0 Å². The highest BCUT2D eigenvalue weighted by molar-refractivity contribution is 7.18. The summed E-state index contributed by atoms with van der Waals surface area (Å²) in [5.74, 6) is 0.108. The Labute approximate surface area is 116 Å². The van der Waals surface area contributed by atoms with Crippen molar-refractivity contribution in [2.24, 2.45) is 0 Å². The molecule has 1 aliphatic heterocycles. The van der Waals surface area contributed by atoms with Gasteiger partial charge in [0.25, 0.3) is 5.91 Å². The van der Waals surface area contributed by atoms with Crippen molar-refractivity contribution in [2.45, 2.75) is 31.9 Å². The van der Waals surface area contributed by atoms with Crippen LogP contribution in [0.2, 0.25) is 0 Å². The molecule has 0 radical (unpaired) electrons. The molecule has 2 heterocycles. The van der Waals surface area contributed by atoms with Gasteiger partial charge in [-0.05, 0) is 19.8 Å². The normalized spacial score (nSPS) is 20.3. The maximum absolute atomic E-state index is 12.2. The Morgan fingerprint density at radius 1 is 1.63 bits per heavy atom. The van der Waals surface area contributed by atoms with Crippen molar-refractivity contribution < 1.29 is 9.53 Å². The predicted molar refractivity (Wildman–Crippen MR) is 76.8 cm³/mol. The fourth-order valence-electron chi connectivity index (χ4n) is 2.04. The van der Waals surface area contributed by atoms with E-state index in [-0.39, 0.29) is 23.9 Å². The van der Waals surface area contributed by atoms with Gasteiger partial charge in [0.2, 0.25) is 0 Å². The fourth-order valence-corrected chi connectivity index (χ4v) is 2.85. The molecule has 0 aliphatic carbocycles. The first-order valence-electron chi connectivity index (χ1n) is 6.35. The minimum Gasteiger partial charge on any atom is -0.382 e. The monoisotopic (exact) mass is 284 g/mol. The number of nitrogens with zero attached hydrogens (tertiary/aromatic N) is 2. The van der Waals surface area contributed by atoms with E-state index in [0.717, 1.165) is 24.6 Å². The van der Waals surface area contributed by atoms with Crippen LogP contribution in [0, 0.1) is 0 Å². The molecule has 0 aromatic carbocycles. The number of hydrogen-bond donors (Lipinski definition) is 2. The van der Waals surface area contributed by atoms with Gasteiger partial charge in [0, 0.05) is 20.7 Å². The van der Waals surface area contributed by atoms with Gasteiger partial charge in [-0.2, -0.15) is 0 Å². The van der Waals surface area contributed by atoms with Gasteiger partial charge in [0.15, 0.2) is 5.13 Å². The van der Waals surface area contributed by atoms with E-state index in [9.17, 15) is 4.79 Å². The lowest BCUT2D eigenvalue weighted by atomic mass is 10.1. The summed E-state index contributed by atoms with van der Waals surface area (Å²) in [6, 6.07) is -0.0145. The summed E-state index contributed by atoms with van der Waals surface area (Å²) in [7, 11) is 3.74. The SMILES string of the molecule is CC(NC(=O)c1sc(N(C)C)nc1N)C1CCCO1. The van der Waals surface area contributed by atoms with Crippen LogP contribution >= 0.6 is 11.3 Å². The lowest BCUT2D eigenvalue weighted by molar-refractivity contribution is 0.0715. The van der Waals surface area contributed by atoms with Crippen LogP contribution in [0.3, 0.4) is 0 Å². The van der Waals surface area contributed by atoms with E-state index in [1.807, 2.05) is 25.9 Å². The molecule has 0 saturated carbocycles. The van der Waals surface area contributed by atoms with Crippen molar-refractivity contribution in [3.63, 3.8) is 0 Å². The van der Waals surface area contributed by atoms with Gasteiger partial charge in [0.05, 0.1) is 12.1 Å². The van der Waals surface area contributed by atoms with Crippen LogP contribution in [-0.2, 0) is 4.74 Å². The van der Waals surface area contributed by atoms with Gasteiger partial charge < -0.3 is 20.7 Å². The number of ether oxygens (including phenoxy) is 1. The lowest BCUT2D eigenvalue weighted by Crippen LogP contribution is -2.40. The van der Waals surface area contributed by atoms with E-state index >= 15 is 0 Å². The summed E-state index contributed by atoms with van der Waals surface area (Å²) in [5.41, 5.74) is 5.79. The lowest BCUT2D eigenvalue weighted by Gasteiger charge is -2.19. The maximum Gasteiger partial charge on any atom is 0.265 e. The van der Waals surface area contributed by atoms with Gasteiger partial charge in [-0.15, -0.1) is 0 Å². The summed E-state index contributed by atoms with van der Waals surface area (Å²) in [5, 5.41) is 3.67. The molecule has 106 valence electrons. The van der Waals surface area contributed by atoms with Crippen molar-refractivity contribution in [3.8, 4) is 0 Å². The Hall–Kier alpha value is -1.34. The molecule has 19 heavy (non-hydrogen) atoms. The van der Waals surface area contributed by atoms with Crippen molar-refractivity contribution in [2.75, 3.05) is 31.3 Å². The zero-order valence-electron chi connectivity index (χ0n) is 11.5. The zero-order chi connectivity index (χ0) is 14.0. The van der Waals surface area contributed by atoms with Crippen LogP contribution in [-0.4, -0.2) is 43.7 Å². The number of amides is 1. The van der Waals surface area contributed by atoms with Crippen LogP contribution in [0.4, 0.5) is 10.9 Å². The molecule has 2 rings (SSSR count). The molecule has 7 heteroatoms. The largest absolute Gasteiger partial charge is 0.382 e. The molecule has 6 nitrogen and oxygen atoms in total. The molecule has 1 aliphatic rings. The summed E-state index contributed by atoms with van der Waals surface area (Å²) in [4.78, 5) is 18.6. The fraction of sp³-hybridized carbons (Fsp3) is 0.667. The van der Waals surface area contributed by atoms with Crippen LogP contribution in [0.5, 0.6) is 0 Å². The Balaban J connectivity index is 2.02. The van der Waals surface area contributed by atoms with Crippen LogP contribution in [0.25, 0.3) is 0 Å². The molecule has 2 unspecified atom stereocenters. The number of carbonyl (C=O) groups excluding carboxylic acids is 1. The third kappa shape index (κ3) is 3.16. The number of hydrogen-bond acceptors (Lipinski definition) is 6. The van der Waals surface area contributed by atoms with Crippen LogP contribution < -0.4 is 16.0 Å². The van der Waals surface area contributed by atoms with Gasteiger partial charge in [-0.3, -0.25) is 4.79 Å². The Kier molecular flexibility index (Phi) is 4.26.